The molecule has 4 rings (SSSR count). The number of carbonyl (C=O) groups excluding carboxylic acids is 1. The average Bonchev–Trinajstić information content (AvgIpc) is 2.87. The molecule has 0 N–H and O–H groups in total. The Balaban J connectivity index is 1.54. The van der Waals surface area contributed by atoms with Crippen molar-refractivity contribution in [2.75, 3.05) is 20.2 Å². The summed E-state index contributed by atoms with van der Waals surface area (Å²) in [6.07, 6.45) is 0.166. The van der Waals surface area contributed by atoms with Crippen LogP contribution in [0.3, 0.4) is 0 Å². The molecule has 5 nitrogen and oxygen atoms in total. The highest BCUT2D eigenvalue weighted by Crippen LogP contribution is 2.33. The number of ether oxygens (including phenoxy) is 3. The highest BCUT2D eigenvalue weighted by Gasteiger charge is 2.36. The van der Waals surface area contributed by atoms with Gasteiger partial charge in [0.05, 0.1) is 26.4 Å². The molecule has 0 aliphatic carbocycles. The van der Waals surface area contributed by atoms with Crippen LogP contribution in [-0.2, 0) is 16.1 Å². The number of methoxy groups -OCH3 is 1. The molecule has 0 aromatic heterocycles. The Labute approximate surface area is 216 Å². The fourth-order valence-electron chi connectivity index (χ4n) is 4.51. The summed E-state index contributed by atoms with van der Waals surface area (Å²) in [6, 6.07) is 18.8. The van der Waals surface area contributed by atoms with Crippen LogP contribution in [0.1, 0.15) is 44.2 Å². The number of hydrogen-bond donors (Lipinski definition) is 0. The SMILES string of the molecule is COc1cccc2ccc(COC3CN(C(=O)OC(C)(C)C(C)[SiH3])CCC3c3ccc(F)cc3)cc12. The van der Waals surface area contributed by atoms with Gasteiger partial charge in [-0.2, -0.15) is 0 Å². The predicted octanol–water partition coefficient (Wildman–Crippen LogP) is 5.45. The number of piperidine rings is 1. The lowest BCUT2D eigenvalue weighted by molar-refractivity contribution is -0.0393. The first-order valence-corrected chi connectivity index (χ1v) is 13.7. The number of rotatable bonds is 7. The van der Waals surface area contributed by atoms with Gasteiger partial charge in [0.1, 0.15) is 17.2 Å². The number of halogens is 1. The number of nitrogens with zero attached hydrogens (tertiary/aromatic N) is 1. The van der Waals surface area contributed by atoms with E-state index in [-0.39, 0.29) is 23.9 Å². The van der Waals surface area contributed by atoms with Crippen molar-refractivity contribution in [2.24, 2.45) is 0 Å². The molecule has 3 atom stereocenters. The van der Waals surface area contributed by atoms with Crippen LogP contribution in [0.2, 0.25) is 5.54 Å². The molecule has 0 saturated carbocycles. The summed E-state index contributed by atoms with van der Waals surface area (Å²) in [7, 11) is 2.61. The van der Waals surface area contributed by atoms with E-state index in [0.717, 1.165) is 37.9 Å². The van der Waals surface area contributed by atoms with Gasteiger partial charge in [0.15, 0.2) is 0 Å². The minimum Gasteiger partial charge on any atom is -0.496 e. The molecule has 3 aromatic carbocycles. The number of likely N-dealkylation sites (tertiary alicyclic amines) is 1. The van der Waals surface area contributed by atoms with E-state index in [1.54, 1.807) is 12.0 Å². The van der Waals surface area contributed by atoms with E-state index in [0.29, 0.717) is 31.7 Å². The fraction of sp³-hybridized carbons (Fsp3) is 0.414. The maximum atomic E-state index is 13.6. The number of hydrogen-bond acceptors (Lipinski definition) is 4. The number of amides is 1. The van der Waals surface area contributed by atoms with Crippen LogP contribution in [0.15, 0.2) is 60.7 Å². The Morgan fingerprint density at radius 3 is 2.61 bits per heavy atom. The van der Waals surface area contributed by atoms with E-state index in [1.807, 2.05) is 38.1 Å². The van der Waals surface area contributed by atoms with E-state index in [9.17, 15) is 9.18 Å². The van der Waals surface area contributed by atoms with Crippen LogP contribution in [-0.4, -0.2) is 53.1 Å². The van der Waals surface area contributed by atoms with E-state index >= 15 is 0 Å². The molecule has 3 unspecified atom stereocenters. The van der Waals surface area contributed by atoms with Crippen LogP contribution in [0.5, 0.6) is 5.75 Å². The molecular weight excluding hydrogens is 473 g/mol. The van der Waals surface area contributed by atoms with Crippen molar-refractivity contribution in [3.05, 3.63) is 77.6 Å². The van der Waals surface area contributed by atoms with Crippen LogP contribution < -0.4 is 4.74 Å². The van der Waals surface area contributed by atoms with E-state index < -0.39 is 5.60 Å². The third kappa shape index (κ3) is 5.90. The summed E-state index contributed by atoms with van der Waals surface area (Å²) in [5, 5.41) is 2.13. The molecule has 0 bridgehead atoms. The Kier molecular flexibility index (Phi) is 8.00. The first kappa shape index (κ1) is 26.2. The number of benzene rings is 3. The molecule has 0 spiro atoms. The topological polar surface area (TPSA) is 48.0 Å². The van der Waals surface area contributed by atoms with Crippen molar-refractivity contribution >= 4 is 27.1 Å². The van der Waals surface area contributed by atoms with E-state index in [4.69, 9.17) is 14.2 Å². The van der Waals surface area contributed by atoms with E-state index in [1.165, 1.54) is 12.1 Å². The van der Waals surface area contributed by atoms with Gasteiger partial charge in [-0.3, -0.25) is 0 Å². The van der Waals surface area contributed by atoms with Gasteiger partial charge in [0.25, 0.3) is 0 Å². The predicted molar refractivity (Wildman–Crippen MR) is 144 cm³/mol. The Hall–Kier alpha value is -2.90. The van der Waals surface area contributed by atoms with Crippen LogP contribution in [0, 0.1) is 5.82 Å². The standard InChI is InChI=1S/C29H36FNO4Si/c1-19(36)29(2,3)35-28(32)31-15-14-24(22-10-12-23(30)13-11-22)27(17-31)34-18-20-8-9-21-6-5-7-26(33-4)25(21)16-20/h5-13,16,19,24,27H,14-15,17-18H2,1-4,36H3. The third-order valence-electron chi connectivity index (χ3n) is 7.45. The smallest absolute Gasteiger partial charge is 0.410 e. The van der Waals surface area contributed by atoms with Gasteiger partial charge in [-0.05, 0) is 66.6 Å². The first-order valence-electron chi connectivity index (χ1n) is 12.6. The molecule has 36 heavy (non-hydrogen) atoms. The summed E-state index contributed by atoms with van der Waals surface area (Å²) >= 11 is 0. The van der Waals surface area contributed by atoms with E-state index in [2.05, 4.69) is 31.2 Å². The largest absolute Gasteiger partial charge is 0.496 e. The Morgan fingerprint density at radius 1 is 1.17 bits per heavy atom. The lowest BCUT2D eigenvalue weighted by Gasteiger charge is -2.40. The normalized spacial score (nSPS) is 19.3. The molecule has 192 valence electrons. The summed E-state index contributed by atoms with van der Waals surface area (Å²) in [5.41, 5.74) is 1.87. The second-order valence-corrected chi connectivity index (χ2v) is 12.1. The maximum Gasteiger partial charge on any atom is 0.410 e. The van der Waals surface area contributed by atoms with Crippen molar-refractivity contribution in [3.8, 4) is 5.75 Å². The first-order chi connectivity index (χ1) is 17.2. The zero-order valence-electron chi connectivity index (χ0n) is 21.8. The monoisotopic (exact) mass is 509 g/mol. The summed E-state index contributed by atoms with van der Waals surface area (Å²) < 4.78 is 31.5. The molecule has 1 aliphatic heterocycles. The molecule has 0 radical (unpaired) electrons. The van der Waals surface area contributed by atoms with Crippen LogP contribution >= 0.6 is 0 Å². The third-order valence-corrected chi connectivity index (χ3v) is 8.84. The van der Waals surface area contributed by atoms with Crippen molar-refractivity contribution in [1.29, 1.82) is 0 Å². The van der Waals surface area contributed by atoms with Crippen molar-refractivity contribution in [1.82, 2.24) is 4.90 Å². The van der Waals surface area contributed by atoms with Gasteiger partial charge in [-0.1, -0.05) is 43.3 Å². The molecule has 1 fully saturated rings. The molecule has 3 aromatic rings. The maximum absolute atomic E-state index is 13.6. The molecular formula is C29H36FNO4Si. The van der Waals surface area contributed by atoms with Crippen molar-refractivity contribution in [2.45, 2.75) is 57.0 Å². The fourth-order valence-corrected chi connectivity index (χ4v) is 4.63. The van der Waals surface area contributed by atoms with Crippen LogP contribution in [0.4, 0.5) is 9.18 Å². The van der Waals surface area contributed by atoms with Gasteiger partial charge in [0.2, 0.25) is 0 Å². The Morgan fingerprint density at radius 2 is 1.92 bits per heavy atom. The molecule has 7 heteroatoms. The summed E-state index contributed by atoms with van der Waals surface area (Å²) in [6.45, 7) is 7.42. The van der Waals surface area contributed by atoms with Gasteiger partial charge in [-0.25, -0.2) is 9.18 Å². The second kappa shape index (κ2) is 11.0. The van der Waals surface area contributed by atoms with Crippen molar-refractivity contribution < 1.29 is 23.4 Å². The molecule has 1 heterocycles. The molecule has 1 amide bonds. The van der Waals surface area contributed by atoms with Gasteiger partial charge in [-0.15, -0.1) is 0 Å². The molecule has 1 saturated heterocycles. The number of fused-ring (bicyclic) bond motifs is 1. The van der Waals surface area contributed by atoms with Gasteiger partial charge in [0, 0.05) is 28.1 Å². The molecule has 1 aliphatic rings. The zero-order chi connectivity index (χ0) is 25.9. The summed E-state index contributed by atoms with van der Waals surface area (Å²) in [5.74, 6) is 0.609. The zero-order valence-corrected chi connectivity index (χ0v) is 23.8. The average molecular weight is 510 g/mol. The highest BCUT2D eigenvalue weighted by molar-refractivity contribution is 6.12. The quantitative estimate of drug-likeness (QED) is 0.398. The Bertz CT molecular complexity index is 1200. The van der Waals surface area contributed by atoms with Gasteiger partial charge < -0.3 is 19.1 Å². The van der Waals surface area contributed by atoms with Crippen molar-refractivity contribution in [3.63, 3.8) is 0 Å². The second-order valence-electron chi connectivity index (χ2n) is 10.4. The highest BCUT2D eigenvalue weighted by atomic mass is 28.1. The summed E-state index contributed by atoms with van der Waals surface area (Å²) in [4.78, 5) is 14.8. The lowest BCUT2D eigenvalue weighted by atomic mass is 9.87. The lowest BCUT2D eigenvalue weighted by Crippen LogP contribution is -2.49. The minimum atomic E-state index is -0.502. The number of carbonyl (C=O) groups is 1. The minimum absolute atomic E-state index is 0.0511. The van der Waals surface area contributed by atoms with Gasteiger partial charge >= 0.3 is 6.09 Å². The van der Waals surface area contributed by atoms with Crippen LogP contribution in [0.25, 0.3) is 10.8 Å².